The zero-order chi connectivity index (χ0) is 13.3. The average Bonchev–Trinajstić information content (AvgIpc) is 2.72. The highest BCUT2D eigenvalue weighted by Crippen LogP contribution is 2.33. The molecular weight excluding hydrogens is 321 g/mol. The van der Waals surface area contributed by atoms with E-state index in [-0.39, 0.29) is 5.56 Å². The third kappa shape index (κ3) is 2.28. The molecule has 0 amide bonds. The van der Waals surface area contributed by atoms with Crippen LogP contribution in [0, 0.1) is 0 Å². The summed E-state index contributed by atoms with van der Waals surface area (Å²) in [6, 6.07) is 5.06. The minimum absolute atomic E-state index is 0.0977. The fourth-order valence-corrected chi connectivity index (χ4v) is 2.52. The number of hydrogen-bond acceptors (Lipinski definition) is 3. The third-order valence-corrected chi connectivity index (χ3v) is 3.38. The Balaban J connectivity index is 2.64. The molecule has 4 nitrogen and oxygen atoms in total. The molecule has 6 heteroatoms. The molecule has 0 bridgehead atoms. The van der Waals surface area contributed by atoms with Gasteiger partial charge in [-0.2, -0.15) is 0 Å². The molecule has 2 rings (SSSR count). The Labute approximate surface area is 117 Å². The SMILES string of the molecule is CCc1onc(-c2ccc(Cl)cc2Br)c1C(=O)O. The van der Waals surface area contributed by atoms with Gasteiger partial charge < -0.3 is 9.63 Å². The highest BCUT2D eigenvalue weighted by molar-refractivity contribution is 9.10. The average molecular weight is 331 g/mol. The first kappa shape index (κ1) is 13.1. The standard InChI is InChI=1S/C12H9BrClNO3/c1-2-9-10(12(16)17)11(15-18-9)7-4-3-6(14)5-8(7)13/h3-5H,2H2,1H3,(H,16,17). The Bertz CT molecular complexity index is 609. The zero-order valence-corrected chi connectivity index (χ0v) is 11.7. The van der Waals surface area contributed by atoms with Crippen molar-refractivity contribution in [2.75, 3.05) is 0 Å². The van der Waals surface area contributed by atoms with Crippen LogP contribution in [0.4, 0.5) is 0 Å². The number of benzene rings is 1. The van der Waals surface area contributed by atoms with Crippen LogP contribution in [0.3, 0.4) is 0 Å². The van der Waals surface area contributed by atoms with Crippen molar-refractivity contribution >= 4 is 33.5 Å². The number of aromatic carboxylic acids is 1. The molecule has 1 N–H and O–H groups in total. The van der Waals surface area contributed by atoms with Gasteiger partial charge in [0.15, 0.2) is 5.76 Å². The first-order chi connectivity index (χ1) is 8.54. The zero-order valence-electron chi connectivity index (χ0n) is 9.41. The molecule has 1 heterocycles. The molecule has 0 fully saturated rings. The van der Waals surface area contributed by atoms with E-state index in [1.165, 1.54) is 0 Å². The predicted molar refractivity (Wildman–Crippen MR) is 71.0 cm³/mol. The van der Waals surface area contributed by atoms with Crippen molar-refractivity contribution in [1.82, 2.24) is 5.16 Å². The summed E-state index contributed by atoms with van der Waals surface area (Å²) < 4.78 is 5.74. The maximum absolute atomic E-state index is 11.3. The maximum atomic E-state index is 11.3. The molecule has 0 aliphatic rings. The molecule has 18 heavy (non-hydrogen) atoms. The van der Waals surface area contributed by atoms with Crippen molar-refractivity contribution in [2.45, 2.75) is 13.3 Å². The second-order valence-corrected chi connectivity index (χ2v) is 4.90. The second-order valence-electron chi connectivity index (χ2n) is 3.61. The lowest BCUT2D eigenvalue weighted by molar-refractivity contribution is 0.0695. The minimum atomic E-state index is -1.05. The van der Waals surface area contributed by atoms with E-state index in [1.807, 2.05) is 6.92 Å². The van der Waals surface area contributed by atoms with Crippen molar-refractivity contribution < 1.29 is 14.4 Å². The van der Waals surface area contributed by atoms with Gasteiger partial charge in [0.25, 0.3) is 0 Å². The highest BCUT2D eigenvalue weighted by Gasteiger charge is 2.23. The number of halogens is 2. The summed E-state index contributed by atoms with van der Waals surface area (Å²) in [6.07, 6.45) is 0.472. The van der Waals surface area contributed by atoms with E-state index in [0.717, 1.165) is 0 Å². The van der Waals surface area contributed by atoms with Crippen LogP contribution in [-0.4, -0.2) is 16.2 Å². The fourth-order valence-electron chi connectivity index (χ4n) is 1.65. The van der Waals surface area contributed by atoms with Crippen LogP contribution in [0.5, 0.6) is 0 Å². The van der Waals surface area contributed by atoms with Crippen molar-refractivity contribution in [1.29, 1.82) is 0 Å². The lowest BCUT2D eigenvalue weighted by atomic mass is 10.1. The summed E-state index contributed by atoms with van der Waals surface area (Å²) in [7, 11) is 0. The van der Waals surface area contributed by atoms with Gasteiger partial charge in [0.05, 0.1) is 0 Å². The van der Waals surface area contributed by atoms with Crippen LogP contribution in [0.15, 0.2) is 27.2 Å². The maximum Gasteiger partial charge on any atom is 0.341 e. The number of aromatic nitrogens is 1. The van der Waals surface area contributed by atoms with E-state index in [1.54, 1.807) is 18.2 Å². The largest absolute Gasteiger partial charge is 0.477 e. The van der Waals surface area contributed by atoms with Crippen LogP contribution in [-0.2, 0) is 6.42 Å². The summed E-state index contributed by atoms with van der Waals surface area (Å²) in [6.45, 7) is 1.81. The van der Waals surface area contributed by atoms with Crippen LogP contribution in [0.2, 0.25) is 5.02 Å². The first-order valence-corrected chi connectivity index (χ1v) is 6.39. The Morgan fingerprint density at radius 3 is 2.83 bits per heavy atom. The number of nitrogens with zero attached hydrogens (tertiary/aromatic N) is 1. The lowest BCUT2D eigenvalue weighted by Crippen LogP contribution is -2.01. The van der Waals surface area contributed by atoms with E-state index >= 15 is 0 Å². The first-order valence-electron chi connectivity index (χ1n) is 5.21. The molecule has 0 aliphatic carbocycles. The summed E-state index contributed by atoms with van der Waals surface area (Å²) in [4.78, 5) is 11.3. The second kappa shape index (κ2) is 5.12. The monoisotopic (exact) mass is 329 g/mol. The van der Waals surface area contributed by atoms with Crippen molar-refractivity contribution in [3.63, 3.8) is 0 Å². The number of hydrogen-bond donors (Lipinski definition) is 1. The molecule has 0 unspecified atom stereocenters. The third-order valence-electron chi connectivity index (χ3n) is 2.48. The molecule has 0 saturated heterocycles. The number of carboxylic acid groups (broad SMARTS) is 1. The van der Waals surface area contributed by atoms with Crippen LogP contribution < -0.4 is 0 Å². The van der Waals surface area contributed by atoms with Gasteiger partial charge in [-0.05, 0) is 12.1 Å². The molecule has 0 saturated carbocycles. The lowest BCUT2D eigenvalue weighted by Gasteiger charge is -2.02. The molecule has 0 atom stereocenters. The van der Waals surface area contributed by atoms with Gasteiger partial charge in [0.1, 0.15) is 11.3 Å². The Kier molecular flexibility index (Phi) is 3.73. The number of carbonyl (C=O) groups is 1. The van der Waals surface area contributed by atoms with Crippen molar-refractivity contribution in [3.05, 3.63) is 39.0 Å². The molecule has 1 aromatic heterocycles. The van der Waals surface area contributed by atoms with Crippen LogP contribution in [0.1, 0.15) is 23.0 Å². The van der Waals surface area contributed by atoms with Gasteiger partial charge in [-0.15, -0.1) is 0 Å². The molecule has 2 aromatic rings. The number of carboxylic acids is 1. The number of aryl methyl sites for hydroxylation is 1. The van der Waals surface area contributed by atoms with Gasteiger partial charge in [-0.25, -0.2) is 4.79 Å². The Hall–Kier alpha value is -1.33. The van der Waals surface area contributed by atoms with Gasteiger partial charge in [-0.1, -0.05) is 45.7 Å². The van der Waals surface area contributed by atoms with Crippen molar-refractivity contribution in [3.8, 4) is 11.3 Å². The Morgan fingerprint density at radius 2 is 2.28 bits per heavy atom. The van der Waals surface area contributed by atoms with Gasteiger partial charge in [-0.3, -0.25) is 0 Å². The molecule has 0 spiro atoms. The topological polar surface area (TPSA) is 63.3 Å². The van der Waals surface area contributed by atoms with Gasteiger partial charge >= 0.3 is 5.97 Å². The summed E-state index contributed by atoms with van der Waals surface area (Å²) in [5.41, 5.74) is 1.05. The molecule has 0 radical (unpaired) electrons. The van der Waals surface area contributed by atoms with Crippen LogP contribution >= 0.6 is 27.5 Å². The predicted octanol–water partition coefficient (Wildman–Crippen LogP) is 4.02. The molecule has 1 aromatic carbocycles. The van der Waals surface area contributed by atoms with Crippen molar-refractivity contribution in [2.24, 2.45) is 0 Å². The molecular formula is C12H9BrClNO3. The van der Waals surface area contributed by atoms with E-state index in [0.29, 0.717) is 32.9 Å². The summed E-state index contributed by atoms with van der Waals surface area (Å²) >= 11 is 9.19. The smallest absolute Gasteiger partial charge is 0.341 e. The molecule has 0 aliphatic heterocycles. The molecule has 94 valence electrons. The van der Waals surface area contributed by atoms with E-state index in [4.69, 9.17) is 16.1 Å². The van der Waals surface area contributed by atoms with E-state index in [9.17, 15) is 9.90 Å². The highest BCUT2D eigenvalue weighted by atomic mass is 79.9. The number of rotatable bonds is 3. The van der Waals surface area contributed by atoms with E-state index < -0.39 is 5.97 Å². The summed E-state index contributed by atoms with van der Waals surface area (Å²) in [5, 5.41) is 13.6. The Morgan fingerprint density at radius 1 is 1.56 bits per heavy atom. The quantitative estimate of drug-likeness (QED) is 0.923. The minimum Gasteiger partial charge on any atom is -0.477 e. The fraction of sp³-hybridized carbons (Fsp3) is 0.167. The summed E-state index contributed by atoms with van der Waals surface area (Å²) in [5.74, 6) is -0.690. The van der Waals surface area contributed by atoms with Crippen LogP contribution in [0.25, 0.3) is 11.3 Å². The van der Waals surface area contributed by atoms with E-state index in [2.05, 4.69) is 21.1 Å². The van der Waals surface area contributed by atoms with Gasteiger partial charge in [0, 0.05) is 21.5 Å². The van der Waals surface area contributed by atoms with Gasteiger partial charge in [0.2, 0.25) is 0 Å². The normalized spacial score (nSPS) is 10.6.